The molecule has 0 amide bonds. The van der Waals surface area contributed by atoms with Crippen molar-refractivity contribution in [2.45, 2.75) is 46.2 Å². The van der Waals surface area contributed by atoms with Gasteiger partial charge in [-0.3, -0.25) is 4.90 Å². The second-order valence-corrected chi connectivity index (χ2v) is 4.89. The minimum Gasteiger partial charge on any atom is -0.326 e. The summed E-state index contributed by atoms with van der Waals surface area (Å²) in [5.74, 6) is 0. The molecule has 0 saturated carbocycles. The minimum atomic E-state index is 0.325. The average molecular weight is 170 g/mol. The standard InChI is InChI=1S/C10H22N2/c1-5-12-7-6-8(11)9(12)10(2,3)4/h8-9H,5-7,11H2,1-4H3. The molecule has 2 nitrogen and oxygen atoms in total. The van der Waals surface area contributed by atoms with Gasteiger partial charge >= 0.3 is 0 Å². The molecule has 0 aromatic heterocycles. The van der Waals surface area contributed by atoms with Crippen molar-refractivity contribution in [3.63, 3.8) is 0 Å². The lowest BCUT2D eigenvalue weighted by atomic mass is 9.83. The first-order chi connectivity index (χ1) is 5.46. The summed E-state index contributed by atoms with van der Waals surface area (Å²) in [6, 6.07) is 0.951. The fourth-order valence-corrected chi connectivity index (χ4v) is 2.43. The van der Waals surface area contributed by atoms with Crippen LogP contribution in [0.25, 0.3) is 0 Å². The lowest BCUT2D eigenvalue weighted by Crippen LogP contribution is -2.48. The molecule has 0 radical (unpaired) electrons. The fourth-order valence-electron chi connectivity index (χ4n) is 2.43. The molecule has 2 N–H and O–H groups in total. The smallest absolute Gasteiger partial charge is 0.0295 e. The Bertz CT molecular complexity index is 148. The van der Waals surface area contributed by atoms with Gasteiger partial charge in [0, 0.05) is 18.6 Å². The molecule has 0 aromatic rings. The summed E-state index contributed by atoms with van der Waals surface area (Å²) < 4.78 is 0. The lowest BCUT2D eigenvalue weighted by molar-refractivity contribution is 0.137. The molecule has 0 aromatic carbocycles. The average Bonchev–Trinajstić information content (AvgIpc) is 2.29. The van der Waals surface area contributed by atoms with Crippen LogP contribution in [0, 0.1) is 5.41 Å². The van der Waals surface area contributed by atoms with Crippen molar-refractivity contribution < 1.29 is 0 Å². The number of rotatable bonds is 1. The van der Waals surface area contributed by atoms with Crippen LogP contribution in [0.3, 0.4) is 0 Å². The third kappa shape index (κ3) is 1.80. The maximum atomic E-state index is 6.09. The zero-order valence-corrected chi connectivity index (χ0v) is 8.80. The van der Waals surface area contributed by atoms with Gasteiger partial charge in [0.25, 0.3) is 0 Å². The number of likely N-dealkylation sites (tertiary alicyclic amines) is 1. The van der Waals surface area contributed by atoms with Crippen LogP contribution >= 0.6 is 0 Å². The highest BCUT2D eigenvalue weighted by atomic mass is 15.2. The molecule has 2 heteroatoms. The van der Waals surface area contributed by atoms with E-state index in [4.69, 9.17) is 5.73 Å². The van der Waals surface area contributed by atoms with Gasteiger partial charge in [-0.05, 0) is 18.4 Å². The quantitative estimate of drug-likeness (QED) is 0.645. The molecule has 1 fully saturated rings. The Balaban J connectivity index is 2.70. The predicted molar refractivity (Wildman–Crippen MR) is 53.1 cm³/mol. The first-order valence-electron chi connectivity index (χ1n) is 4.96. The van der Waals surface area contributed by atoms with Gasteiger partial charge in [-0.2, -0.15) is 0 Å². The van der Waals surface area contributed by atoms with Gasteiger partial charge in [0.05, 0.1) is 0 Å². The van der Waals surface area contributed by atoms with Gasteiger partial charge in [-0.25, -0.2) is 0 Å². The van der Waals surface area contributed by atoms with Crippen LogP contribution in [0.1, 0.15) is 34.1 Å². The van der Waals surface area contributed by atoms with Crippen molar-refractivity contribution in [3.8, 4) is 0 Å². The molecule has 1 heterocycles. The topological polar surface area (TPSA) is 29.3 Å². The number of nitrogens with two attached hydrogens (primary N) is 1. The van der Waals surface area contributed by atoms with E-state index in [0.717, 1.165) is 13.0 Å². The molecule has 12 heavy (non-hydrogen) atoms. The third-order valence-corrected chi connectivity index (χ3v) is 2.84. The van der Waals surface area contributed by atoms with Crippen molar-refractivity contribution in [2.24, 2.45) is 11.1 Å². The van der Waals surface area contributed by atoms with Crippen LogP contribution < -0.4 is 5.73 Å². The van der Waals surface area contributed by atoms with Gasteiger partial charge in [0.2, 0.25) is 0 Å². The number of nitrogens with zero attached hydrogens (tertiary/aromatic N) is 1. The van der Waals surface area contributed by atoms with E-state index in [2.05, 4.69) is 32.6 Å². The number of hydrogen-bond acceptors (Lipinski definition) is 2. The van der Waals surface area contributed by atoms with Crippen molar-refractivity contribution in [2.75, 3.05) is 13.1 Å². The summed E-state index contributed by atoms with van der Waals surface area (Å²) in [7, 11) is 0. The Kier molecular flexibility index (Phi) is 2.79. The highest BCUT2D eigenvalue weighted by molar-refractivity contribution is 4.96. The SMILES string of the molecule is CCN1CCC(N)C1C(C)(C)C. The molecule has 2 unspecified atom stereocenters. The second-order valence-electron chi connectivity index (χ2n) is 4.89. The van der Waals surface area contributed by atoms with E-state index in [1.807, 2.05) is 0 Å². The molecule has 0 spiro atoms. The lowest BCUT2D eigenvalue weighted by Gasteiger charge is -2.36. The minimum absolute atomic E-state index is 0.325. The van der Waals surface area contributed by atoms with Crippen LogP contribution in [-0.2, 0) is 0 Å². The van der Waals surface area contributed by atoms with E-state index in [9.17, 15) is 0 Å². The highest BCUT2D eigenvalue weighted by Crippen LogP contribution is 2.31. The Morgan fingerprint density at radius 3 is 2.33 bits per heavy atom. The fraction of sp³-hybridized carbons (Fsp3) is 1.00. The van der Waals surface area contributed by atoms with Crippen LogP contribution in [0.4, 0.5) is 0 Å². The number of likely N-dealkylation sites (N-methyl/N-ethyl adjacent to an activating group) is 1. The number of hydrogen-bond donors (Lipinski definition) is 1. The van der Waals surface area contributed by atoms with Crippen molar-refractivity contribution >= 4 is 0 Å². The Labute approximate surface area is 76.1 Å². The van der Waals surface area contributed by atoms with Crippen molar-refractivity contribution in [3.05, 3.63) is 0 Å². The van der Waals surface area contributed by atoms with Gasteiger partial charge in [-0.15, -0.1) is 0 Å². The van der Waals surface area contributed by atoms with E-state index in [1.165, 1.54) is 6.54 Å². The first kappa shape index (κ1) is 10.0. The van der Waals surface area contributed by atoms with E-state index >= 15 is 0 Å². The zero-order valence-electron chi connectivity index (χ0n) is 8.80. The predicted octanol–water partition coefficient (Wildman–Crippen LogP) is 1.45. The Morgan fingerprint density at radius 1 is 1.42 bits per heavy atom. The summed E-state index contributed by atoms with van der Waals surface area (Å²) in [5.41, 5.74) is 6.41. The maximum absolute atomic E-state index is 6.09. The normalized spacial score (nSPS) is 32.8. The Morgan fingerprint density at radius 2 is 2.00 bits per heavy atom. The molecule has 0 bridgehead atoms. The van der Waals surface area contributed by atoms with Crippen molar-refractivity contribution in [1.82, 2.24) is 4.90 Å². The first-order valence-corrected chi connectivity index (χ1v) is 4.96. The van der Waals surface area contributed by atoms with Crippen molar-refractivity contribution in [1.29, 1.82) is 0 Å². The summed E-state index contributed by atoms with van der Waals surface area (Å²) in [4.78, 5) is 2.50. The molecule has 1 saturated heterocycles. The van der Waals surface area contributed by atoms with Crippen LogP contribution in [-0.4, -0.2) is 30.1 Å². The zero-order chi connectivity index (χ0) is 9.35. The van der Waals surface area contributed by atoms with E-state index in [1.54, 1.807) is 0 Å². The van der Waals surface area contributed by atoms with E-state index < -0.39 is 0 Å². The largest absolute Gasteiger partial charge is 0.326 e. The van der Waals surface area contributed by atoms with Crippen LogP contribution in [0.5, 0.6) is 0 Å². The van der Waals surface area contributed by atoms with Crippen LogP contribution in [0.15, 0.2) is 0 Å². The summed E-state index contributed by atoms with van der Waals surface area (Å²) in [5, 5.41) is 0. The van der Waals surface area contributed by atoms with E-state index in [0.29, 0.717) is 17.5 Å². The summed E-state index contributed by atoms with van der Waals surface area (Å²) in [6.45, 7) is 11.4. The summed E-state index contributed by atoms with van der Waals surface area (Å²) >= 11 is 0. The van der Waals surface area contributed by atoms with Gasteiger partial charge in [0.15, 0.2) is 0 Å². The molecule has 0 aliphatic carbocycles. The molecular formula is C10H22N2. The van der Waals surface area contributed by atoms with Gasteiger partial charge in [0.1, 0.15) is 0 Å². The molecule has 2 atom stereocenters. The molecule has 1 aliphatic rings. The second kappa shape index (κ2) is 3.35. The Hall–Kier alpha value is -0.0800. The summed E-state index contributed by atoms with van der Waals surface area (Å²) in [6.07, 6.45) is 1.16. The van der Waals surface area contributed by atoms with E-state index in [-0.39, 0.29) is 0 Å². The molecule has 1 rings (SSSR count). The van der Waals surface area contributed by atoms with Gasteiger partial charge < -0.3 is 5.73 Å². The van der Waals surface area contributed by atoms with Crippen LogP contribution in [0.2, 0.25) is 0 Å². The monoisotopic (exact) mass is 170 g/mol. The molecular weight excluding hydrogens is 148 g/mol. The molecule has 72 valence electrons. The highest BCUT2D eigenvalue weighted by Gasteiger charge is 2.38. The maximum Gasteiger partial charge on any atom is 0.0295 e. The third-order valence-electron chi connectivity index (χ3n) is 2.84. The van der Waals surface area contributed by atoms with Gasteiger partial charge in [-0.1, -0.05) is 27.7 Å². The molecule has 1 aliphatic heterocycles.